The normalized spacial score (nSPS) is 17.3. The fourth-order valence-electron chi connectivity index (χ4n) is 3.13. The van der Waals surface area contributed by atoms with Crippen molar-refractivity contribution in [3.63, 3.8) is 0 Å². The van der Waals surface area contributed by atoms with E-state index in [-0.39, 0.29) is 11.8 Å². The molecule has 144 valence electrons. The van der Waals surface area contributed by atoms with E-state index in [1.165, 1.54) is 0 Å². The van der Waals surface area contributed by atoms with Crippen LogP contribution in [0.4, 0.5) is 4.79 Å². The summed E-state index contributed by atoms with van der Waals surface area (Å²) in [6, 6.07) is 7.41. The standard InChI is InChI=1S/C20H29IN2O3/c1-14(15-9-8-10-16(21)13-15)17(22-19(25)26-20(2,3)4)18(24)23-11-6-5-7-12-23/h8-10,13-14,17H,5-7,11-12H2,1-4H3,(H,22,25)/t14?,17-/m0/s1. The van der Waals surface area contributed by atoms with E-state index in [9.17, 15) is 9.59 Å². The van der Waals surface area contributed by atoms with Gasteiger partial charge in [-0.1, -0.05) is 19.1 Å². The van der Waals surface area contributed by atoms with Crippen LogP contribution in [0.1, 0.15) is 58.4 Å². The van der Waals surface area contributed by atoms with Crippen molar-refractivity contribution in [3.05, 3.63) is 33.4 Å². The lowest BCUT2D eigenvalue weighted by molar-refractivity contribution is -0.134. The quantitative estimate of drug-likeness (QED) is 0.665. The van der Waals surface area contributed by atoms with Crippen LogP contribution in [0.2, 0.25) is 0 Å². The molecule has 1 fully saturated rings. The Hall–Kier alpha value is -1.31. The van der Waals surface area contributed by atoms with Crippen molar-refractivity contribution in [1.29, 1.82) is 0 Å². The highest BCUT2D eigenvalue weighted by Crippen LogP contribution is 2.24. The zero-order chi connectivity index (χ0) is 19.3. The number of carbonyl (C=O) groups is 2. The summed E-state index contributed by atoms with van der Waals surface area (Å²) in [5, 5.41) is 2.83. The van der Waals surface area contributed by atoms with Crippen LogP contribution in [0, 0.1) is 3.57 Å². The summed E-state index contributed by atoms with van der Waals surface area (Å²) in [6.45, 7) is 8.94. The van der Waals surface area contributed by atoms with Gasteiger partial charge in [-0.15, -0.1) is 0 Å². The fourth-order valence-corrected chi connectivity index (χ4v) is 3.70. The highest BCUT2D eigenvalue weighted by Gasteiger charge is 2.33. The minimum atomic E-state index is -0.638. The summed E-state index contributed by atoms with van der Waals surface area (Å²) in [6.07, 6.45) is 2.64. The van der Waals surface area contributed by atoms with Crippen LogP contribution in [0.3, 0.4) is 0 Å². The number of hydrogen-bond acceptors (Lipinski definition) is 3. The first-order valence-electron chi connectivity index (χ1n) is 9.21. The molecule has 1 unspecified atom stereocenters. The van der Waals surface area contributed by atoms with Gasteiger partial charge in [0.2, 0.25) is 5.91 Å². The van der Waals surface area contributed by atoms with Gasteiger partial charge >= 0.3 is 6.09 Å². The minimum absolute atomic E-state index is 0.0260. The second-order valence-electron chi connectivity index (χ2n) is 7.85. The predicted octanol–water partition coefficient (Wildman–Crippen LogP) is 4.30. The lowest BCUT2D eigenvalue weighted by Crippen LogP contribution is -2.53. The molecule has 2 rings (SSSR count). The van der Waals surface area contributed by atoms with E-state index < -0.39 is 17.7 Å². The molecule has 5 nitrogen and oxygen atoms in total. The van der Waals surface area contributed by atoms with Crippen LogP contribution < -0.4 is 5.32 Å². The number of hydrogen-bond donors (Lipinski definition) is 1. The third-order valence-corrected chi connectivity index (χ3v) is 5.15. The molecule has 1 aromatic carbocycles. The molecule has 1 heterocycles. The van der Waals surface area contributed by atoms with E-state index >= 15 is 0 Å². The highest BCUT2D eigenvalue weighted by atomic mass is 127. The molecular weight excluding hydrogens is 443 g/mol. The number of benzene rings is 1. The Morgan fingerprint density at radius 1 is 1.19 bits per heavy atom. The minimum Gasteiger partial charge on any atom is -0.444 e. The van der Waals surface area contributed by atoms with E-state index in [2.05, 4.69) is 34.0 Å². The van der Waals surface area contributed by atoms with Crippen LogP contribution in [0.5, 0.6) is 0 Å². The maximum atomic E-state index is 13.2. The van der Waals surface area contributed by atoms with Crippen LogP contribution in [0.15, 0.2) is 24.3 Å². The van der Waals surface area contributed by atoms with Gasteiger partial charge in [0, 0.05) is 22.6 Å². The maximum absolute atomic E-state index is 13.2. The lowest BCUT2D eigenvalue weighted by Gasteiger charge is -2.33. The van der Waals surface area contributed by atoms with Gasteiger partial charge in [0.25, 0.3) is 0 Å². The molecule has 1 saturated heterocycles. The van der Waals surface area contributed by atoms with E-state index in [0.717, 1.165) is 41.5 Å². The second kappa shape index (κ2) is 9.06. The van der Waals surface area contributed by atoms with Crippen molar-refractivity contribution >= 4 is 34.6 Å². The first-order chi connectivity index (χ1) is 12.2. The smallest absolute Gasteiger partial charge is 0.408 e. The van der Waals surface area contributed by atoms with E-state index in [1.54, 1.807) is 0 Å². The molecule has 0 spiro atoms. The van der Waals surface area contributed by atoms with Crippen molar-refractivity contribution < 1.29 is 14.3 Å². The largest absolute Gasteiger partial charge is 0.444 e. The number of halogens is 1. The molecule has 0 aromatic heterocycles. The van der Waals surface area contributed by atoms with Gasteiger partial charge in [-0.05, 0) is 80.3 Å². The summed E-state index contributed by atoms with van der Waals surface area (Å²) in [5.41, 5.74) is 0.428. The summed E-state index contributed by atoms with van der Waals surface area (Å²) in [5.74, 6) is -0.173. The zero-order valence-electron chi connectivity index (χ0n) is 16.0. The Morgan fingerprint density at radius 2 is 1.85 bits per heavy atom. The molecular formula is C20H29IN2O3. The molecule has 1 aliphatic heterocycles. The van der Waals surface area contributed by atoms with Crippen molar-refractivity contribution in [1.82, 2.24) is 10.2 Å². The molecule has 1 aliphatic rings. The molecule has 0 aliphatic carbocycles. The highest BCUT2D eigenvalue weighted by molar-refractivity contribution is 14.1. The summed E-state index contributed by atoms with van der Waals surface area (Å²) < 4.78 is 6.50. The zero-order valence-corrected chi connectivity index (χ0v) is 18.2. The SMILES string of the molecule is CC(c1cccc(I)c1)[C@H](NC(=O)OC(C)(C)C)C(=O)N1CCCCC1. The molecule has 2 amide bonds. The summed E-state index contributed by atoms with van der Waals surface area (Å²) >= 11 is 2.26. The van der Waals surface area contributed by atoms with Gasteiger partial charge < -0.3 is 15.0 Å². The lowest BCUT2D eigenvalue weighted by atomic mass is 9.92. The fraction of sp³-hybridized carbons (Fsp3) is 0.600. The number of piperidine rings is 1. The first-order valence-corrected chi connectivity index (χ1v) is 10.3. The number of nitrogens with zero attached hydrogens (tertiary/aromatic N) is 1. The van der Waals surface area contributed by atoms with Crippen molar-refractivity contribution in [2.75, 3.05) is 13.1 Å². The number of ether oxygens (including phenoxy) is 1. The number of rotatable bonds is 4. The number of carbonyl (C=O) groups excluding carboxylic acids is 2. The predicted molar refractivity (Wildman–Crippen MR) is 111 cm³/mol. The van der Waals surface area contributed by atoms with Crippen molar-refractivity contribution in [2.45, 2.75) is 64.5 Å². The van der Waals surface area contributed by atoms with Crippen LogP contribution in [-0.4, -0.2) is 41.6 Å². The van der Waals surface area contributed by atoms with Gasteiger partial charge in [-0.25, -0.2) is 4.79 Å². The van der Waals surface area contributed by atoms with E-state index in [0.29, 0.717) is 0 Å². The molecule has 0 bridgehead atoms. The van der Waals surface area contributed by atoms with Crippen molar-refractivity contribution in [2.24, 2.45) is 0 Å². The first kappa shape index (κ1) is 21.0. The van der Waals surface area contributed by atoms with Gasteiger partial charge in [0.1, 0.15) is 11.6 Å². The van der Waals surface area contributed by atoms with Gasteiger partial charge in [0.15, 0.2) is 0 Å². The third kappa shape index (κ3) is 6.14. The molecule has 1 aromatic rings. The van der Waals surface area contributed by atoms with Crippen molar-refractivity contribution in [3.8, 4) is 0 Å². The van der Waals surface area contributed by atoms with Crippen LogP contribution in [-0.2, 0) is 9.53 Å². The van der Waals surface area contributed by atoms with E-state index in [4.69, 9.17) is 4.74 Å². The Bertz CT molecular complexity index is 636. The van der Waals surface area contributed by atoms with Gasteiger partial charge in [-0.2, -0.15) is 0 Å². The Kier molecular flexibility index (Phi) is 7.32. The van der Waals surface area contributed by atoms with E-state index in [1.807, 2.05) is 50.8 Å². The van der Waals surface area contributed by atoms with Crippen LogP contribution >= 0.6 is 22.6 Å². The topological polar surface area (TPSA) is 58.6 Å². The number of likely N-dealkylation sites (tertiary alicyclic amines) is 1. The Labute approximate surface area is 170 Å². The maximum Gasteiger partial charge on any atom is 0.408 e. The number of nitrogens with one attached hydrogen (secondary N) is 1. The average Bonchev–Trinajstić information content (AvgIpc) is 2.58. The molecule has 6 heteroatoms. The van der Waals surface area contributed by atoms with Gasteiger partial charge in [-0.3, -0.25) is 4.79 Å². The summed E-state index contributed by atoms with van der Waals surface area (Å²) in [7, 11) is 0. The third-order valence-electron chi connectivity index (χ3n) is 4.48. The Balaban J connectivity index is 2.22. The molecule has 1 N–H and O–H groups in total. The number of amides is 2. The summed E-state index contributed by atoms with van der Waals surface area (Å²) in [4.78, 5) is 27.4. The average molecular weight is 472 g/mol. The second-order valence-corrected chi connectivity index (χ2v) is 9.10. The molecule has 26 heavy (non-hydrogen) atoms. The number of alkyl carbamates (subject to hydrolysis) is 1. The molecule has 0 saturated carbocycles. The Morgan fingerprint density at radius 3 is 2.42 bits per heavy atom. The monoisotopic (exact) mass is 472 g/mol. The molecule has 0 radical (unpaired) electrons. The molecule has 2 atom stereocenters. The van der Waals surface area contributed by atoms with Gasteiger partial charge in [0.05, 0.1) is 0 Å². The van der Waals surface area contributed by atoms with Crippen LogP contribution in [0.25, 0.3) is 0 Å².